The molecule has 0 heterocycles. The highest BCUT2D eigenvalue weighted by atomic mass is 79.9. The Labute approximate surface area is 131 Å². The van der Waals surface area contributed by atoms with Crippen LogP contribution in [0.5, 0.6) is 0 Å². The summed E-state index contributed by atoms with van der Waals surface area (Å²) < 4.78 is 27.4. The van der Waals surface area contributed by atoms with Crippen molar-refractivity contribution in [1.82, 2.24) is 4.72 Å². The number of rotatable bonds is 7. The van der Waals surface area contributed by atoms with Gasteiger partial charge in [0.25, 0.3) is 0 Å². The van der Waals surface area contributed by atoms with E-state index >= 15 is 0 Å². The second-order valence-electron chi connectivity index (χ2n) is 4.20. The fourth-order valence-corrected chi connectivity index (χ4v) is 4.06. The fraction of sp³-hybridized carbons (Fsp3) is 0.417. The van der Waals surface area contributed by atoms with E-state index in [1.165, 1.54) is 17.8 Å². The van der Waals surface area contributed by atoms with E-state index < -0.39 is 22.0 Å². The van der Waals surface area contributed by atoms with Gasteiger partial charge in [-0.1, -0.05) is 22.0 Å². The maximum Gasteiger partial charge on any atom is 0.321 e. The third kappa shape index (κ3) is 4.76. The van der Waals surface area contributed by atoms with Crippen LogP contribution >= 0.6 is 27.7 Å². The average Bonchev–Trinajstić information content (AvgIpc) is 2.36. The Hall–Kier alpha value is -0.570. The van der Waals surface area contributed by atoms with Crippen molar-refractivity contribution in [3.05, 3.63) is 28.2 Å². The number of carboxylic acids is 1. The monoisotopic (exact) mass is 381 g/mol. The van der Waals surface area contributed by atoms with E-state index in [4.69, 9.17) is 5.11 Å². The van der Waals surface area contributed by atoms with Crippen LogP contribution in [0.25, 0.3) is 0 Å². The van der Waals surface area contributed by atoms with Crippen molar-refractivity contribution in [3.63, 3.8) is 0 Å². The molecule has 0 bridgehead atoms. The summed E-state index contributed by atoms with van der Waals surface area (Å²) in [6.45, 7) is 1.67. The highest BCUT2D eigenvalue weighted by Gasteiger charge is 2.26. The van der Waals surface area contributed by atoms with Crippen LogP contribution < -0.4 is 4.72 Å². The van der Waals surface area contributed by atoms with E-state index in [0.717, 1.165) is 0 Å². The molecule has 1 aromatic carbocycles. The van der Waals surface area contributed by atoms with Gasteiger partial charge < -0.3 is 5.11 Å². The Morgan fingerprint density at radius 1 is 1.50 bits per heavy atom. The van der Waals surface area contributed by atoms with Crippen LogP contribution in [0.15, 0.2) is 27.6 Å². The van der Waals surface area contributed by atoms with Crippen LogP contribution in [-0.2, 0) is 14.8 Å². The predicted octanol–water partition coefficient (Wildman–Crippen LogP) is 2.24. The number of aliphatic carboxylic acids is 1. The van der Waals surface area contributed by atoms with Crippen LogP contribution in [-0.4, -0.2) is 37.5 Å². The van der Waals surface area contributed by atoms with Gasteiger partial charge in [-0.2, -0.15) is 16.5 Å². The minimum absolute atomic E-state index is 0.0854. The highest BCUT2D eigenvalue weighted by Crippen LogP contribution is 2.21. The first kappa shape index (κ1) is 17.5. The van der Waals surface area contributed by atoms with Crippen molar-refractivity contribution in [2.24, 2.45) is 0 Å². The van der Waals surface area contributed by atoms with Crippen molar-refractivity contribution >= 4 is 43.7 Å². The zero-order valence-corrected chi connectivity index (χ0v) is 14.3. The van der Waals surface area contributed by atoms with Crippen LogP contribution in [0.1, 0.15) is 12.0 Å². The largest absolute Gasteiger partial charge is 0.480 e. The van der Waals surface area contributed by atoms with E-state index in [9.17, 15) is 13.2 Å². The second-order valence-corrected chi connectivity index (χ2v) is 7.79. The Morgan fingerprint density at radius 2 is 2.15 bits per heavy atom. The molecule has 1 rings (SSSR count). The Morgan fingerprint density at radius 3 is 2.70 bits per heavy atom. The van der Waals surface area contributed by atoms with E-state index in [1.54, 1.807) is 19.1 Å². The topological polar surface area (TPSA) is 83.5 Å². The molecule has 20 heavy (non-hydrogen) atoms. The number of thioether (sulfide) groups is 1. The molecule has 1 unspecified atom stereocenters. The number of sulfonamides is 1. The maximum absolute atomic E-state index is 12.3. The summed E-state index contributed by atoms with van der Waals surface area (Å²) in [6, 6.07) is 3.74. The summed E-state index contributed by atoms with van der Waals surface area (Å²) >= 11 is 4.68. The molecule has 0 aliphatic carbocycles. The summed E-state index contributed by atoms with van der Waals surface area (Å²) in [5.74, 6) is -0.605. The lowest BCUT2D eigenvalue weighted by molar-refractivity contribution is -0.139. The zero-order chi connectivity index (χ0) is 15.3. The van der Waals surface area contributed by atoms with Crippen molar-refractivity contribution in [2.75, 3.05) is 12.0 Å². The molecule has 0 saturated heterocycles. The molecule has 5 nitrogen and oxygen atoms in total. The number of aryl methyl sites for hydroxylation is 1. The number of nitrogens with one attached hydrogen (secondary N) is 1. The first-order valence-electron chi connectivity index (χ1n) is 5.78. The predicted molar refractivity (Wildman–Crippen MR) is 83.6 cm³/mol. The van der Waals surface area contributed by atoms with E-state index in [2.05, 4.69) is 20.7 Å². The molecule has 0 aliphatic rings. The van der Waals surface area contributed by atoms with Gasteiger partial charge in [0.15, 0.2) is 0 Å². The molecule has 0 fully saturated rings. The summed E-state index contributed by atoms with van der Waals surface area (Å²) in [5.41, 5.74) is 0.565. The molecule has 0 saturated carbocycles. The van der Waals surface area contributed by atoms with Gasteiger partial charge in [-0.25, -0.2) is 8.42 Å². The fourth-order valence-electron chi connectivity index (χ4n) is 1.58. The van der Waals surface area contributed by atoms with Gasteiger partial charge in [0, 0.05) is 4.47 Å². The Balaban J connectivity index is 3.03. The molecular weight excluding hydrogens is 366 g/mol. The van der Waals surface area contributed by atoms with Gasteiger partial charge in [-0.3, -0.25) is 4.79 Å². The third-order valence-electron chi connectivity index (χ3n) is 2.65. The summed E-state index contributed by atoms with van der Waals surface area (Å²) in [5, 5.41) is 9.09. The number of carboxylic acid groups (broad SMARTS) is 1. The Bertz CT molecular complexity index is 589. The minimum Gasteiger partial charge on any atom is -0.480 e. The zero-order valence-electron chi connectivity index (χ0n) is 11.1. The minimum atomic E-state index is -3.86. The smallest absolute Gasteiger partial charge is 0.321 e. The molecule has 0 amide bonds. The quantitative estimate of drug-likeness (QED) is 0.756. The van der Waals surface area contributed by atoms with Gasteiger partial charge in [0.05, 0.1) is 4.90 Å². The lowest BCUT2D eigenvalue weighted by Crippen LogP contribution is -2.41. The van der Waals surface area contributed by atoms with Crippen molar-refractivity contribution in [1.29, 1.82) is 0 Å². The normalized spacial score (nSPS) is 13.2. The Kier molecular flexibility index (Phi) is 6.50. The van der Waals surface area contributed by atoms with Gasteiger partial charge >= 0.3 is 5.97 Å². The van der Waals surface area contributed by atoms with Crippen molar-refractivity contribution < 1.29 is 18.3 Å². The molecule has 1 atom stereocenters. The number of halogens is 1. The standard InChI is InChI=1S/C12H16BrNO4S2/c1-8-3-4-9(13)7-11(8)20(17,18)14-10(12(15)16)5-6-19-2/h3-4,7,10,14H,5-6H2,1-2H3,(H,15,16). The molecule has 8 heteroatoms. The van der Waals surface area contributed by atoms with Crippen molar-refractivity contribution in [3.8, 4) is 0 Å². The van der Waals surface area contributed by atoms with E-state index in [0.29, 0.717) is 15.8 Å². The van der Waals surface area contributed by atoms with Gasteiger partial charge in [0.1, 0.15) is 6.04 Å². The van der Waals surface area contributed by atoms with Crippen LogP contribution in [0.2, 0.25) is 0 Å². The highest BCUT2D eigenvalue weighted by molar-refractivity contribution is 9.10. The summed E-state index contributed by atoms with van der Waals surface area (Å²) in [4.78, 5) is 11.2. The molecule has 0 aliphatic heterocycles. The summed E-state index contributed by atoms with van der Waals surface area (Å²) in [6.07, 6.45) is 2.08. The molecule has 0 aromatic heterocycles. The van der Waals surface area contributed by atoms with Gasteiger partial charge in [-0.15, -0.1) is 0 Å². The SMILES string of the molecule is CSCCC(NS(=O)(=O)c1cc(Br)ccc1C)C(=O)O. The summed E-state index contributed by atoms with van der Waals surface area (Å²) in [7, 11) is -3.86. The van der Waals surface area contributed by atoms with Gasteiger partial charge in [0.2, 0.25) is 10.0 Å². The van der Waals surface area contributed by atoms with Crippen LogP contribution in [0, 0.1) is 6.92 Å². The lowest BCUT2D eigenvalue weighted by Gasteiger charge is -2.15. The molecule has 2 N–H and O–H groups in total. The average molecular weight is 382 g/mol. The van der Waals surface area contributed by atoms with Crippen LogP contribution in [0.4, 0.5) is 0 Å². The van der Waals surface area contributed by atoms with E-state index in [1.807, 2.05) is 6.26 Å². The number of benzene rings is 1. The van der Waals surface area contributed by atoms with E-state index in [-0.39, 0.29) is 11.3 Å². The maximum atomic E-state index is 12.3. The first-order chi connectivity index (χ1) is 9.27. The number of carbonyl (C=O) groups is 1. The van der Waals surface area contributed by atoms with Crippen LogP contribution in [0.3, 0.4) is 0 Å². The third-order valence-corrected chi connectivity index (χ3v) is 5.40. The molecular formula is C12H16BrNO4S2. The molecule has 0 radical (unpaired) electrons. The molecule has 1 aromatic rings. The van der Waals surface area contributed by atoms with Gasteiger partial charge in [-0.05, 0) is 43.0 Å². The first-order valence-corrected chi connectivity index (χ1v) is 9.45. The number of hydrogen-bond acceptors (Lipinski definition) is 4. The molecule has 0 spiro atoms. The molecule has 112 valence electrons. The second kappa shape index (κ2) is 7.44. The lowest BCUT2D eigenvalue weighted by atomic mass is 10.2. The van der Waals surface area contributed by atoms with Crippen molar-refractivity contribution in [2.45, 2.75) is 24.3 Å². The number of hydrogen-bond donors (Lipinski definition) is 2.